The summed E-state index contributed by atoms with van der Waals surface area (Å²) in [7, 11) is 0. The summed E-state index contributed by atoms with van der Waals surface area (Å²) in [5.41, 5.74) is 0. The maximum Gasteiger partial charge on any atom is 0 e. The van der Waals surface area contributed by atoms with Gasteiger partial charge < -0.3 is 0 Å². The standard InChI is InChI=1S/Ag.2O.2Ti.Zn. The molecule has 0 bridgehead atoms. The van der Waals surface area contributed by atoms with E-state index in [-0.39, 0.29) is 63.6 Å². The van der Waals surface area contributed by atoms with Gasteiger partial charge in [0.15, 0.2) is 0 Å². The van der Waals surface area contributed by atoms with Crippen molar-refractivity contribution in [1.82, 2.24) is 0 Å². The van der Waals surface area contributed by atoms with Crippen molar-refractivity contribution in [3.8, 4) is 0 Å². The van der Waals surface area contributed by atoms with Gasteiger partial charge in [-0.05, 0) is 0 Å². The molecule has 33 valence electrons. The zero-order valence-corrected chi connectivity index (χ0v) is 10.4. The molecule has 1 radical (unpaired) electrons. The minimum absolute atomic E-state index is 0. The Morgan fingerprint density at radius 1 is 1.17 bits per heavy atom. The maximum absolute atomic E-state index is 8.50. The van der Waals surface area contributed by atoms with E-state index in [2.05, 4.69) is 0 Å². The molecule has 6 heavy (non-hydrogen) atoms. The molecule has 0 N–H and O–H groups in total. The second-order valence-corrected chi connectivity index (χ2v) is 0.344. The predicted molar refractivity (Wildman–Crippen MR) is 1.37 cm³/mol. The average Bonchev–Trinajstić information content (AvgIpc) is 0.918. The van der Waals surface area contributed by atoms with E-state index in [1.54, 1.807) is 0 Å². The van der Waals surface area contributed by atoms with E-state index in [4.69, 9.17) is 6.65 Å². The van der Waals surface area contributed by atoms with Crippen LogP contribution in [0.5, 0.6) is 0 Å². The van der Waals surface area contributed by atoms with Crippen LogP contribution in [0.3, 0.4) is 0 Å². The monoisotopic (exact) mass is 299 g/mol. The van der Waals surface area contributed by atoms with Gasteiger partial charge in [0.05, 0.1) is 0 Å². The Balaban J connectivity index is -0.00000000667. The van der Waals surface area contributed by atoms with Crippen LogP contribution in [-0.2, 0) is 89.3 Å². The van der Waals surface area contributed by atoms with Crippen LogP contribution in [0.1, 0.15) is 0 Å². The second-order valence-electron chi connectivity index (χ2n) is 0.0833. The third-order valence-corrected chi connectivity index (χ3v) is 0. The molecule has 0 aromatic carbocycles. The normalized spacial score (nSPS) is 1.33. The summed E-state index contributed by atoms with van der Waals surface area (Å²) in [4.78, 5) is 0. The molecule has 0 saturated heterocycles. The molecule has 0 saturated carbocycles. The van der Waals surface area contributed by atoms with E-state index >= 15 is 0 Å². The van der Waals surface area contributed by atoms with Crippen LogP contribution in [0, 0.1) is 0 Å². The molecule has 0 amide bonds. The summed E-state index contributed by atoms with van der Waals surface area (Å²) in [5, 5.41) is 0. The van der Waals surface area contributed by atoms with Crippen LogP contribution in [0.4, 0.5) is 0 Å². The SMILES string of the molecule is [Ag].[O]=[Ti]=[O].[Ti].[Zn]. The van der Waals surface area contributed by atoms with Gasteiger partial charge in [-0.15, -0.1) is 0 Å². The summed E-state index contributed by atoms with van der Waals surface area (Å²) < 4.78 is 17.0. The minimum atomic E-state index is -2.00. The van der Waals surface area contributed by atoms with Crippen LogP contribution < -0.4 is 0 Å². The van der Waals surface area contributed by atoms with Gasteiger partial charge in [-0.2, -0.15) is 0 Å². The second kappa shape index (κ2) is 26.2. The molecule has 0 aliphatic heterocycles. The summed E-state index contributed by atoms with van der Waals surface area (Å²) in [6.07, 6.45) is 0. The fraction of sp³-hybridized carbons (Fsp3) is 0. The van der Waals surface area contributed by atoms with Crippen molar-refractivity contribution < 1.29 is 89.3 Å². The van der Waals surface area contributed by atoms with Crippen LogP contribution in [-0.4, -0.2) is 0 Å². The van der Waals surface area contributed by atoms with Gasteiger partial charge in [0.25, 0.3) is 0 Å². The average molecular weight is 301 g/mol. The van der Waals surface area contributed by atoms with Gasteiger partial charge in [-0.1, -0.05) is 0 Å². The van der Waals surface area contributed by atoms with Gasteiger partial charge in [0, 0.05) is 63.6 Å². The molecule has 0 aliphatic carbocycles. The van der Waals surface area contributed by atoms with Crippen LogP contribution in [0.2, 0.25) is 0 Å². The molecule has 0 rings (SSSR count). The van der Waals surface area contributed by atoms with E-state index in [1.165, 1.54) is 0 Å². The summed E-state index contributed by atoms with van der Waals surface area (Å²) in [6, 6.07) is 0. The van der Waals surface area contributed by atoms with Gasteiger partial charge in [0.1, 0.15) is 0 Å². The zero-order valence-electron chi connectivity index (χ0n) is 2.83. The smallest absolute Gasteiger partial charge is 0 e. The predicted octanol–water partition coefficient (Wildman–Crippen LogP) is -0.248. The van der Waals surface area contributed by atoms with Crippen molar-refractivity contribution in [3.63, 3.8) is 0 Å². The fourth-order valence-corrected chi connectivity index (χ4v) is 0. The van der Waals surface area contributed by atoms with E-state index in [1.807, 2.05) is 0 Å². The van der Waals surface area contributed by atoms with E-state index < -0.39 is 19.1 Å². The van der Waals surface area contributed by atoms with Crippen LogP contribution in [0.25, 0.3) is 0 Å². The third-order valence-electron chi connectivity index (χ3n) is 0. The number of rotatable bonds is 0. The van der Waals surface area contributed by atoms with Crippen molar-refractivity contribution in [2.45, 2.75) is 0 Å². The maximum atomic E-state index is 8.50. The number of hydrogen-bond acceptors (Lipinski definition) is 2. The topological polar surface area (TPSA) is 34.1 Å². The quantitative estimate of drug-likeness (QED) is 0.578. The number of hydrogen-bond donors (Lipinski definition) is 0. The molecule has 0 aromatic heterocycles. The van der Waals surface area contributed by atoms with E-state index in [0.717, 1.165) is 0 Å². The first-order chi connectivity index (χ1) is 1.41. The van der Waals surface area contributed by atoms with Crippen LogP contribution >= 0.6 is 0 Å². The third kappa shape index (κ3) is 32.5. The Morgan fingerprint density at radius 3 is 1.17 bits per heavy atom. The molecule has 0 spiro atoms. The van der Waals surface area contributed by atoms with Crippen molar-refractivity contribution in [2.24, 2.45) is 0 Å². The van der Waals surface area contributed by atoms with Gasteiger partial charge >= 0.3 is 25.7 Å². The molecule has 0 aromatic rings. The Kier molecular flexibility index (Phi) is 104. The largest absolute Gasteiger partial charge is 0 e. The zero-order chi connectivity index (χ0) is 2.71. The first-order valence-corrected chi connectivity index (χ1v) is 1.68. The van der Waals surface area contributed by atoms with Crippen molar-refractivity contribution in [2.75, 3.05) is 0 Å². The van der Waals surface area contributed by atoms with Gasteiger partial charge in [-0.25, -0.2) is 0 Å². The molecule has 0 heterocycles. The summed E-state index contributed by atoms with van der Waals surface area (Å²) in [5.74, 6) is 0. The van der Waals surface area contributed by atoms with Crippen molar-refractivity contribution in [1.29, 1.82) is 0 Å². The Labute approximate surface area is 87.9 Å². The molecule has 2 nitrogen and oxygen atoms in total. The fourth-order valence-electron chi connectivity index (χ4n) is 0. The molecule has 0 fully saturated rings. The molecule has 0 unspecified atom stereocenters. The molecular formula is AgO2Ti2Zn. The molecular weight excluding hydrogens is 301 g/mol. The first kappa shape index (κ1) is 23.8. The molecule has 0 atom stereocenters. The summed E-state index contributed by atoms with van der Waals surface area (Å²) in [6.45, 7) is 0. The van der Waals surface area contributed by atoms with Gasteiger partial charge in [-0.3, -0.25) is 0 Å². The van der Waals surface area contributed by atoms with Crippen molar-refractivity contribution >= 4 is 0 Å². The molecule has 0 aliphatic rings. The minimum Gasteiger partial charge on any atom is 0 e. The van der Waals surface area contributed by atoms with E-state index in [0.29, 0.717) is 0 Å². The molecule has 6 heteroatoms. The van der Waals surface area contributed by atoms with E-state index in [9.17, 15) is 0 Å². The Bertz CT molecular complexity index is 32.5. The Hall–Kier alpha value is 2.39. The first-order valence-electron chi connectivity index (χ1n) is 0.408. The van der Waals surface area contributed by atoms with Gasteiger partial charge in [0.2, 0.25) is 0 Å². The van der Waals surface area contributed by atoms with Crippen LogP contribution in [0.15, 0.2) is 0 Å². The van der Waals surface area contributed by atoms with Crippen molar-refractivity contribution in [3.05, 3.63) is 0 Å². The summed E-state index contributed by atoms with van der Waals surface area (Å²) >= 11 is -2.00. The Morgan fingerprint density at radius 2 is 1.17 bits per heavy atom.